The van der Waals surface area contributed by atoms with Crippen LogP contribution in [0.15, 0.2) is 0 Å². The number of primary amides is 1. The minimum absolute atomic E-state index is 0.935. The van der Waals surface area contributed by atoms with E-state index in [-0.39, 0.29) is 0 Å². The standard InChI is InChI=1S/C4H10N4O3/c1-7(2)4(6,3(5)9)8(10)11/h6H2,1-2H3,(H2,5,9). The Bertz CT molecular complexity index is 176. The van der Waals surface area contributed by atoms with Crippen LogP contribution in [-0.4, -0.2) is 35.6 Å². The molecule has 0 fully saturated rings. The van der Waals surface area contributed by atoms with Crippen molar-refractivity contribution in [2.45, 2.75) is 5.79 Å². The van der Waals surface area contributed by atoms with Gasteiger partial charge in [0.25, 0.3) is 0 Å². The van der Waals surface area contributed by atoms with Crippen molar-refractivity contribution in [3.63, 3.8) is 0 Å². The fraction of sp³-hybridized carbons (Fsp3) is 0.750. The summed E-state index contributed by atoms with van der Waals surface area (Å²) in [6.45, 7) is 0. The quantitative estimate of drug-likeness (QED) is 0.281. The monoisotopic (exact) mass is 162 g/mol. The predicted molar refractivity (Wildman–Crippen MR) is 36.8 cm³/mol. The summed E-state index contributed by atoms with van der Waals surface area (Å²) in [6, 6.07) is 0. The van der Waals surface area contributed by atoms with Crippen LogP contribution in [0.25, 0.3) is 0 Å². The van der Waals surface area contributed by atoms with E-state index in [2.05, 4.69) is 0 Å². The van der Waals surface area contributed by atoms with Crippen molar-refractivity contribution < 1.29 is 9.72 Å². The van der Waals surface area contributed by atoms with Crippen molar-refractivity contribution in [3.8, 4) is 0 Å². The second kappa shape index (κ2) is 2.81. The van der Waals surface area contributed by atoms with E-state index >= 15 is 0 Å². The van der Waals surface area contributed by atoms with Crippen LogP contribution >= 0.6 is 0 Å². The highest BCUT2D eigenvalue weighted by molar-refractivity contribution is 5.81. The van der Waals surface area contributed by atoms with Gasteiger partial charge in [-0.1, -0.05) is 0 Å². The number of hydrogen-bond donors (Lipinski definition) is 2. The molecule has 1 unspecified atom stereocenters. The van der Waals surface area contributed by atoms with Gasteiger partial charge in [0.15, 0.2) is 0 Å². The summed E-state index contributed by atoms with van der Waals surface area (Å²) >= 11 is 0. The number of nitro groups is 1. The maximum atomic E-state index is 10.5. The van der Waals surface area contributed by atoms with Gasteiger partial charge in [-0.05, 0) is 14.1 Å². The lowest BCUT2D eigenvalue weighted by Gasteiger charge is -2.22. The van der Waals surface area contributed by atoms with E-state index in [4.69, 9.17) is 11.5 Å². The van der Waals surface area contributed by atoms with Gasteiger partial charge >= 0.3 is 11.7 Å². The normalized spacial score (nSPS) is 16.0. The molecule has 0 radical (unpaired) electrons. The first-order chi connectivity index (χ1) is 4.83. The Hall–Kier alpha value is -1.21. The first-order valence-corrected chi connectivity index (χ1v) is 2.74. The Morgan fingerprint density at radius 1 is 1.64 bits per heavy atom. The molecule has 11 heavy (non-hydrogen) atoms. The van der Waals surface area contributed by atoms with E-state index in [0.29, 0.717) is 0 Å². The SMILES string of the molecule is CN(C)C(N)(C(N)=O)[N+](=O)[O-]. The van der Waals surface area contributed by atoms with E-state index in [9.17, 15) is 14.9 Å². The average molecular weight is 162 g/mol. The Labute approximate surface area is 63.1 Å². The van der Waals surface area contributed by atoms with Crippen LogP contribution < -0.4 is 11.5 Å². The smallest absolute Gasteiger partial charge is 0.361 e. The summed E-state index contributed by atoms with van der Waals surface area (Å²) in [5, 5.41) is 10.2. The lowest BCUT2D eigenvalue weighted by atomic mass is 10.3. The molecule has 0 aliphatic rings. The molecule has 0 saturated heterocycles. The van der Waals surface area contributed by atoms with E-state index in [1.165, 1.54) is 14.1 Å². The Balaban J connectivity index is 4.82. The largest absolute Gasteiger partial charge is 0.411 e. The Morgan fingerprint density at radius 3 is 2.00 bits per heavy atom. The second-order valence-corrected chi connectivity index (χ2v) is 2.24. The molecule has 7 nitrogen and oxygen atoms in total. The highest BCUT2D eigenvalue weighted by atomic mass is 16.6. The van der Waals surface area contributed by atoms with E-state index in [0.717, 1.165) is 4.90 Å². The lowest BCUT2D eigenvalue weighted by Crippen LogP contribution is -2.66. The molecule has 0 aromatic carbocycles. The molecule has 0 bridgehead atoms. The van der Waals surface area contributed by atoms with Crippen LogP contribution in [0.3, 0.4) is 0 Å². The van der Waals surface area contributed by atoms with Crippen molar-refractivity contribution in [2.75, 3.05) is 14.1 Å². The topological polar surface area (TPSA) is 115 Å². The number of rotatable bonds is 3. The fourth-order valence-corrected chi connectivity index (χ4v) is 0.474. The highest BCUT2D eigenvalue weighted by Gasteiger charge is 2.48. The van der Waals surface area contributed by atoms with Crippen molar-refractivity contribution in [1.29, 1.82) is 0 Å². The van der Waals surface area contributed by atoms with Gasteiger partial charge < -0.3 is 5.73 Å². The molecule has 0 aliphatic heterocycles. The van der Waals surface area contributed by atoms with Gasteiger partial charge in [-0.2, -0.15) is 0 Å². The molecular formula is C4H10N4O3. The number of carbonyl (C=O) groups is 1. The Morgan fingerprint density at radius 2 is 2.00 bits per heavy atom. The zero-order valence-electron chi connectivity index (χ0n) is 6.27. The van der Waals surface area contributed by atoms with Crippen molar-refractivity contribution in [3.05, 3.63) is 10.1 Å². The maximum absolute atomic E-state index is 10.5. The number of nitrogens with two attached hydrogens (primary N) is 2. The van der Waals surface area contributed by atoms with Crippen molar-refractivity contribution >= 4 is 5.91 Å². The third kappa shape index (κ3) is 1.44. The minimum Gasteiger partial charge on any atom is -0.361 e. The molecule has 0 heterocycles. The van der Waals surface area contributed by atoms with E-state index in [1.807, 2.05) is 0 Å². The molecular weight excluding hydrogens is 152 g/mol. The maximum Gasteiger partial charge on any atom is 0.411 e. The van der Waals surface area contributed by atoms with Gasteiger partial charge in [0.2, 0.25) is 0 Å². The van der Waals surface area contributed by atoms with Crippen LogP contribution in [0, 0.1) is 10.1 Å². The molecule has 0 aromatic rings. The number of nitrogens with zero attached hydrogens (tertiary/aromatic N) is 2. The number of likely N-dealkylation sites (N-methyl/N-ethyl adjacent to an activating group) is 1. The first kappa shape index (κ1) is 9.79. The van der Waals surface area contributed by atoms with Gasteiger partial charge in [-0.3, -0.25) is 14.9 Å². The summed E-state index contributed by atoms with van der Waals surface area (Å²) in [4.78, 5) is 20.8. The van der Waals surface area contributed by atoms with Gasteiger partial charge in [0.1, 0.15) is 0 Å². The summed E-state index contributed by atoms with van der Waals surface area (Å²) in [6.07, 6.45) is 0. The molecule has 0 rings (SSSR count). The van der Waals surface area contributed by atoms with Gasteiger partial charge in [-0.15, -0.1) is 0 Å². The molecule has 0 spiro atoms. The van der Waals surface area contributed by atoms with Crippen molar-refractivity contribution in [1.82, 2.24) is 4.90 Å². The minimum atomic E-state index is -2.31. The highest BCUT2D eigenvalue weighted by Crippen LogP contribution is 2.02. The second-order valence-electron chi connectivity index (χ2n) is 2.24. The van der Waals surface area contributed by atoms with Crippen molar-refractivity contribution in [2.24, 2.45) is 11.5 Å². The summed E-state index contributed by atoms with van der Waals surface area (Å²) in [5.74, 6) is -3.49. The molecule has 0 saturated carbocycles. The van der Waals surface area contributed by atoms with Gasteiger partial charge in [-0.25, -0.2) is 10.6 Å². The third-order valence-electron chi connectivity index (χ3n) is 1.32. The summed E-state index contributed by atoms with van der Waals surface area (Å²) in [7, 11) is 2.60. The Kier molecular flexibility index (Phi) is 2.50. The number of hydrogen-bond acceptors (Lipinski definition) is 5. The van der Waals surface area contributed by atoms with E-state index in [1.54, 1.807) is 0 Å². The van der Waals surface area contributed by atoms with Gasteiger partial charge in [0, 0.05) is 0 Å². The zero-order chi connectivity index (χ0) is 9.23. The fourth-order valence-electron chi connectivity index (χ4n) is 0.474. The number of amides is 1. The molecule has 1 amide bonds. The van der Waals surface area contributed by atoms with E-state index < -0.39 is 16.6 Å². The van der Waals surface area contributed by atoms with Gasteiger partial charge in [0.05, 0.1) is 4.92 Å². The summed E-state index contributed by atoms with van der Waals surface area (Å²) in [5.41, 5.74) is 9.80. The van der Waals surface area contributed by atoms with Crippen LogP contribution in [0.5, 0.6) is 0 Å². The zero-order valence-corrected chi connectivity index (χ0v) is 6.27. The van der Waals surface area contributed by atoms with Crippen LogP contribution in [-0.2, 0) is 4.79 Å². The lowest BCUT2D eigenvalue weighted by molar-refractivity contribution is -0.578. The van der Waals surface area contributed by atoms with Crippen LogP contribution in [0.1, 0.15) is 0 Å². The molecule has 1 atom stereocenters. The predicted octanol–water partition coefficient (Wildman–Crippen LogP) is -2.08. The summed E-state index contributed by atoms with van der Waals surface area (Å²) < 4.78 is 0. The molecule has 64 valence electrons. The molecule has 4 N–H and O–H groups in total. The molecule has 0 aromatic heterocycles. The molecule has 7 heteroatoms. The average Bonchev–Trinajstić information content (AvgIpc) is 1.84. The van der Waals surface area contributed by atoms with Crippen LogP contribution in [0.4, 0.5) is 0 Å². The molecule has 0 aliphatic carbocycles. The third-order valence-corrected chi connectivity index (χ3v) is 1.32. The number of carbonyl (C=O) groups excluding carboxylic acids is 1. The van der Waals surface area contributed by atoms with Crippen LogP contribution in [0.2, 0.25) is 0 Å². The first-order valence-electron chi connectivity index (χ1n) is 2.74.